The zero-order valence-electron chi connectivity index (χ0n) is 32.1. The number of rotatable bonds is 5. The van der Waals surface area contributed by atoms with Gasteiger partial charge in [0.1, 0.15) is 11.2 Å². The summed E-state index contributed by atoms with van der Waals surface area (Å²) in [5.41, 5.74) is 20.4. The third kappa shape index (κ3) is 4.75. The van der Waals surface area contributed by atoms with Crippen LogP contribution in [0.15, 0.2) is 180 Å². The van der Waals surface area contributed by atoms with Gasteiger partial charge in [0, 0.05) is 44.2 Å². The Morgan fingerprint density at radius 2 is 0.875 bits per heavy atom. The van der Waals surface area contributed by atoms with E-state index in [4.69, 9.17) is 4.42 Å². The van der Waals surface area contributed by atoms with Gasteiger partial charge in [-0.15, -0.1) is 0 Å². The Labute approximate surface area is 328 Å². The average Bonchev–Trinajstić information content (AvgIpc) is 3.81. The lowest BCUT2D eigenvalue weighted by molar-refractivity contribution is 0.660. The number of hydrogen-bond acceptors (Lipinski definition) is 2. The lowest BCUT2D eigenvalue weighted by Crippen LogP contribution is -2.18. The van der Waals surface area contributed by atoms with E-state index in [-0.39, 0.29) is 10.8 Å². The molecule has 2 aliphatic carbocycles. The molecule has 0 unspecified atom stereocenters. The lowest BCUT2D eigenvalue weighted by atomic mass is 9.82. The van der Waals surface area contributed by atoms with Crippen molar-refractivity contribution in [2.75, 3.05) is 4.90 Å². The summed E-state index contributed by atoms with van der Waals surface area (Å²) in [7, 11) is 0. The molecule has 0 aliphatic heterocycles. The van der Waals surface area contributed by atoms with Crippen LogP contribution in [0.25, 0.3) is 66.4 Å². The van der Waals surface area contributed by atoms with Crippen molar-refractivity contribution in [3.63, 3.8) is 0 Å². The van der Waals surface area contributed by atoms with Crippen molar-refractivity contribution < 1.29 is 4.42 Å². The van der Waals surface area contributed by atoms with Gasteiger partial charge < -0.3 is 9.32 Å². The second kappa shape index (κ2) is 11.9. The molecule has 9 aromatic rings. The highest BCUT2D eigenvalue weighted by molar-refractivity contribution is 6.11. The number of nitrogens with zero attached hydrogens (tertiary/aromatic N) is 1. The quantitative estimate of drug-likeness (QED) is 0.176. The van der Waals surface area contributed by atoms with Gasteiger partial charge in [-0.05, 0) is 116 Å². The highest BCUT2D eigenvalue weighted by atomic mass is 16.3. The summed E-state index contributed by atoms with van der Waals surface area (Å²) in [5, 5.41) is 2.26. The molecule has 11 rings (SSSR count). The monoisotopic (exact) mass is 719 g/mol. The minimum atomic E-state index is -0.106. The molecule has 0 bridgehead atoms. The fourth-order valence-electron chi connectivity index (χ4n) is 9.74. The summed E-state index contributed by atoms with van der Waals surface area (Å²) < 4.78 is 6.50. The van der Waals surface area contributed by atoms with Gasteiger partial charge >= 0.3 is 0 Å². The molecule has 0 N–H and O–H groups in total. The minimum Gasteiger partial charge on any atom is -0.455 e. The third-order valence-electron chi connectivity index (χ3n) is 12.7. The molecule has 56 heavy (non-hydrogen) atoms. The molecule has 2 nitrogen and oxygen atoms in total. The van der Waals surface area contributed by atoms with Gasteiger partial charge in [-0.25, -0.2) is 0 Å². The molecular formula is C54H41NO. The van der Waals surface area contributed by atoms with Crippen LogP contribution in [0.5, 0.6) is 0 Å². The molecule has 0 amide bonds. The molecule has 8 aromatic carbocycles. The number of hydrogen-bond donors (Lipinski definition) is 0. The molecule has 2 heteroatoms. The average molecular weight is 720 g/mol. The first-order valence-corrected chi connectivity index (χ1v) is 19.7. The highest BCUT2D eigenvalue weighted by Gasteiger charge is 2.37. The van der Waals surface area contributed by atoms with Crippen molar-refractivity contribution in [1.82, 2.24) is 0 Å². The van der Waals surface area contributed by atoms with Gasteiger partial charge in [0.15, 0.2) is 0 Å². The summed E-state index contributed by atoms with van der Waals surface area (Å²) in [4.78, 5) is 2.45. The van der Waals surface area contributed by atoms with Crippen molar-refractivity contribution in [3.8, 4) is 44.5 Å². The second-order valence-corrected chi connectivity index (χ2v) is 16.5. The first-order chi connectivity index (χ1) is 27.3. The molecule has 1 aromatic heterocycles. The Hall–Kier alpha value is -6.64. The van der Waals surface area contributed by atoms with Crippen molar-refractivity contribution in [2.45, 2.75) is 38.5 Å². The molecule has 268 valence electrons. The highest BCUT2D eigenvalue weighted by Crippen LogP contribution is 2.53. The van der Waals surface area contributed by atoms with Crippen LogP contribution in [-0.2, 0) is 10.8 Å². The van der Waals surface area contributed by atoms with Crippen LogP contribution in [0.4, 0.5) is 17.1 Å². The first-order valence-electron chi connectivity index (χ1n) is 19.7. The standard InChI is InChI=1S/C54H41NO/c1-53(2)47-19-11-8-16-40(47)42-28-26-38(32-49(42)53)55(39-27-29-43-41-17-9-12-20-48(41)54(3,4)50(43)33-39)37-24-22-34(23-25-37)36-30-45(35-14-6-5-7-15-35)52-46(31-36)44-18-10-13-21-51(44)56-52/h5-33H,1-4H3. The fraction of sp³-hybridized carbons (Fsp3) is 0.111. The molecule has 0 spiro atoms. The Morgan fingerprint density at radius 3 is 1.50 bits per heavy atom. The topological polar surface area (TPSA) is 16.4 Å². The van der Waals surface area contributed by atoms with E-state index in [0.29, 0.717) is 0 Å². The Balaban J connectivity index is 1.07. The van der Waals surface area contributed by atoms with Gasteiger partial charge in [0.05, 0.1) is 0 Å². The summed E-state index contributed by atoms with van der Waals surface area (Å²) in [5.74, 6) is 0. The lowest BCUT2D eigenvalue weighted by Gasteiger charge is -2.30. The summed E-state index contributed by atoms with van der Waals surface area (Å²) in [6.45, 7) is 9.44. The van der Waals surface area contributed by atoms with E-state index in [1.807, 2.05) is 6.07 Å². The van der Waals surface area contributed by atoms with Crippen LogP contribution in [0, 0.1) is 0 Å². The summed E-state index contributed by atoms with van der Waals surface area (Å²) >= 11 is 0. The van der Waals surface area contributed by atoms with Gasteiger partial charge in [-0.2, -0.15) is 0 Å². The van der Waals surface area contributed by atoms with E-state index in [9.17, 15) is 0 Å². The fourth-order valence-corrected chi connectivity index (χ4v) is 9.74. The maximum atomic E-state index is 6.50. The number of furan rings is 1. The molecule has 0 saturated heterocycles. The van der Waals surface area contributed by atoms with E-state index < -0.39 is 0 Å². The van der Waals surface area contributed by atoms with E-state index in [2.05, 4.69) is 202 Å². The van der Waals surface area contributed by atoms with E-state index in [1.165, 1.54) is 44.5 Å². The SMILES string of the molecule is CC1(C)c2ccccc2-c2ccc(N(c3ccc(-c4cc(-c5ccccc5)c5oc6ccccc6c5c4)cc3)c3ccc4c(c3)C(C)(C)c3ccccc3-4)cc21. The minimum absolute atomic E-state index is 0.106. The van der Waals surface area contributed by atoms with Crippen molar-refractivity contribution >= 4 is 39.0 Å². The summed E-state index contributed by atoms with van der Waals surface area (Å²) in [6, 6.07) is 64.6. The van der Waals surface area contributed by atoms with Crippen LogP contribution >= 0.6 is 0 Å². The van der Waals surface area contributed by atoms with Crippen molar-refractivity contribution in [3.05, 3.63) is 198 Å². The molecule has 0 fully saturated rings. The molecule has 2 aliphatic rings. The van der Waals surface area contributed by atoms with Crippen LogP contribution in [-0.4, -0.2) is 0 Å². The van der Waals surface area contributed by atoms with Gasteiger partial charge in [0.2, 0.25) is 0 Å². The molecule has 0 saturated carbocycles. The maximum Gasteiger partial charge on any atom is 0.143 e. The molecule has 0 atom stereocenters. The zero-order chi connectivity index (χ0) is 37.8. The van der Waals surface area contributed by atoms with Gasteiger partial charge in [0.25, 0.3) is 0 Å². The summed E-state index contributed by atoms with van der Waals surface area (Å²) in [6.07, 6.45) is 0. The molecular weight excluding hydrogens is 679 g/mol. The molecule has 0 radical (unpaired) electrons. The van der Waals surface area contributed by atoms with Crippen LogP contribution in [0.1, 0.15) is 49.9 Å². The number of para-hydroxylation sites is 1. The Bertz CT molecular complexity index is 2910. The Morgan fingerprint density at radius 1 is 0.357 bits per heavy atom. The maximum absolute atomic E-state index is 6.50. The van der Waals surface area contributed by atoms with Crippen molar-refractivity contribution in [1.29, 1.82) is 0 Å². The van der Waals surface area contributed by atoms with Gasteiger partial charge in [-0.1, -0.05) is 149 Å². The van der Waals surface area contributed by atoms with E-state index in [0.717, 1.165) is 61.3 Å². The largest absolute Gasteiger partial charge is 0.455 e. The third-order valence-corrected chi connectivity index (χ3v) is 12.7. The van der Waals surface area contributed by atoms with Crippen LogP contribution in [0.2, 0.25) is 0 Å². The number of fused-ring (bicyclic) bond motifs is 9. The normalized spacial score (nSPS) is 14.4. The Kier molecular flexibility index (Phi) is 6.98. The van der Waals surface area contributed by atoms with E-state index >= 15 is 0 Å². The first kappa shape index (κ1) is 32.8. The smallest absolute Gasteiger partial charge is 0.143 e. The number of benzene rings is 8. The van der Waals surface area contributed by atoms with Crippen LogP contribution < -0.4 is 4.90 Å². The predicted molar refractivity (Wildman–Crippen MR) is 234 cm³/mol. The van der Waals surface area contributed by atoms with Crippen molar-refractivity contribution in [2.24, 2.45) is 0 Å². The van der Waals surface area contributed by atoms with E-state index in [1.54, 1.807) is 0 Å². The van der Waals surface area contributed by atoms with Gasteiger partial charge in [-0.3, -0.25) is 0 Å². The zero-order valence-corrected chi connectivity index (χ0v) is 32.1. The predicted octanol–water partition coefficient (Wildman–Crippen LogP) is 15.0. The number of anilines is 3. The second-order valence-electron chi connectivity index (χ2n) is 16.5. The van der Waals surface area contributed by atoms with Crippen LogP contribution in [0.3, 0.4) is 0 Å². The molecule has 1 heterocycles.